The number of rotatable bonds is 2. The molecule has 0 fully saturated rings. The second kappa shape index (κ2) is 4.49. The Hall–Kier alpha value is -1.75. The molecule has 0 spiro atoms. The first-order chi connectivity index (χ1) is 8.41. The normalized spacial score (nSPS) is 12.7. The number of halogens is 1. The maximum atomic E-state index is 12.0. The third-order valence-corrected chi connectivity index (χ3v) is 3.10. The summed E-state index contributed by atoms with van der Waals surface area (Å²) in [5.74, 6) is 0.283. The van der Waals surface area contributed by atoms with Gasteiger partial charge in [0.2, 0.25) is 11.9 Å². The van der Waals surface area contributed by atoms with Gasteiger partial charge in [0.15, 0.2) is 0 Å². The number of imidazole rings is 1. The molecule has 1 aromatic heterocycles. The molecule has 0 radical (unpaired) electrons. The molecule has 18 heavy (non-hydrogen) atoms. The van der Waals surface area contributed by atoms with Crippen molar-refractivity contribution in [1.29, 1.82) is 0 Å². The molecular formula is C12H15ClN4O. The Labute approximate surface area is 110 Å². The second-order valence-corrected chi connectivity index (χ2v) is 4.82. The van der Waals surface area contributed by atoms with Crippen molar-refractivity contribution in [3.63, 3.8) is 0 Å². The topological polar surface area (TPSA) is 64.2 Å². The van der Waals surface area contributed by atoms with Crippen molar-refractivity contribution < 1.29 is 4.79 Å². The number of hydrogen-bond donors (Lipinski definition) is 1. The fraction of sp³-hybridized carbons (Fsp3) is 0.333. The van der Waals surface area contributed by atoms with Crippen molar-refractivity contribution >= 4 is 34.5 Å². The van der Waals surface area contributed by atoms with E-state index in [4.69, 9.17) is 17.3 Å². The van der Waals surface area contributed by atoms with Gasteiger partial charge in [0.1, 0.15) is 6.04 Å². The van der Waals surface area contributed by atoms with E-state index >= 15 is 0 Å². The van der Waals surface area contributed by atoms with Gasteiger partial charge in [-0.25, -0.2) is 4.98 Å². The first-order valence-electron chi connectivity index (χ1n) is 5.56. The molecule has 2 aromatic rings. The van der Waals surface area contributed by atoms with Gasteiger partial charge in [-0.15, -0.1) is 0 Å². The van der Waals surface area contributed by atoms with Crippen LogP contribution in [0, 0.1) is 0 Å². The zero-order valence-corrected chi connectivity index (χ0v) is 11.3. The lowest BCUT2D eigenvalue weighted by Gasteiger charge is -2.19. The number of likely N-dealkylation sites (N-methyl/N-ethyl adjacent to an activating group) is 1. The van der Waals surface area contributed by atoms with Crippen LogP contribution >= 0.6 is 11.6 Å². The number of nitrogens with two attached hydrogens (primary N) is 1. The van der Waals surface area contributed by atoms with E-state index < -0.39 is 6.04 Å². The maximum Gasteiger partial charge on any atom is 0.244 e. The zero-order chi connectivity index (χ0) is 13.4. The number of carbonyl (C=O) groups excluding carboxylic acids is 1. The molecule has 1 aromatic carbocycles. The molecule has 0 aliphatic rings. The molecule has 6 heteroatoms. The second-order valence-electron chi connectivity index (χ2n) is 4.38. The predicted molar refractivity (Wildman–Crippen MR) is 72.6 cm³/mol. The van der Waals surface area contributed by atoms with Crippen LogP contribution in [0.3, 0.4) is 0 Å². The van der Waals surface area contributed by atoms with Gasteiger partial charge < -0.3 is 10.6 Å². The summed E-state index contributed by atoms with van der Waals surface area (Å²) >= 11 is 5.91. The molecule has 1 atom stereocenters. The van der Waals surface area contributed by atoms with Crippen LogP contribution in [0.2, 0.25) is 5.02 Å². The molecule has 96 valence electrons. The van der Waals surface area contributed by atoms with Gasteiger partial charge in [0.25, 0.3) is 0 Å². The number of benzene rings is 1. The van der Waals surface area contributed by atoms with Crippen LogP contribution in [0.25, 0.3) is 11.0 Å². The first-order valence-corrected chi connectivity index (χ1v) is 5.93. The number of amides is 1. The van der Waals surface area contributed by atoms with Gasteiger partial charge in [0.05, 0.1) is 11.0 Å². The van der Waals surface area contributed by atoms with Crippen LogP contribution < -0.4 is 5.73 Å². The lowest BCUT2D eigenvalue weighted by Crippen LogP contribution is -2.30. The van der Waals surface area contributed by atoms with E-state index in [1.807, 2.05) is 6.07 Å². The summed E-state index contributed by atoms with van der Waals surface area (Å²) in [4.78, 5) is 17.8. The number of hydrogen-bond acceptors (Lipinski definition) is 3. The third-order valence-electron chi connectivity index (χ3n) is 2.86. The highest BCUT2D eigenvalue weighted by Gasteiger charge is 2.21. The Morgan fingerprint density at radius 3 is 2.78 bits per heavy atom. The lowest BCUT2D eigenvalue weighted by atomic mass is 10.2. The quantitative estimate of drug-likeness (QED) is 0.903. The van der Waals surface area contributed by atoms with Crippen LogP contribution in [0.4, 0.5) is 5.95 Å². The highest BCUT2D eigenvalue weighted by atomic mass is 35.5. The summed E-state index contributed by atoms with van der Waals surface area (Å²) in [7, 11) is 3.43. The minimum absolute atomic E-state index is 0.0315. The lowest BCUT2D eigenvalue weighted by molar-refractivity contribution is -0.131. The van der Waals surface area contributed by atoms with Crippen LogP contribution in [0.1, 0.15) is 13.0 Å². The Morgan fingerprint density at radius 1 is 1.50 bits per heavy atom. The number of carbonyl (C=O) groups is 1. The number of aromatic nitrogens is 2. The molecule has 1 unspecified atom stereocenters. The SMILES string of the molecule is CC(C(=O)N(C)C)n1c(N)nc2cc(Cl)ccc21. The average Bonchev–Trinajstić information content (AvgIpc) is 2.62. The van der Waals surface area contributed by atoms with Crippen LogP contribution in [-0.4, -0.2) is 34.5 Å². The summed E-state index contributed by atoms with van der Waals surface area (Å²) in [6.07, 6.45) is 0. The Balaban J connectivity index is 2.57. The molecule has 0 bridgehead atoms. The van der Waals surface area contributed by atoms with Crippen molar-refractivity contribution in [2.75, 3.05) is 19.8 Å². The zero-order valence-electron chi connectivity index (χ0n) is 10.5. The maximum absolute atomic E-state index is 12.0. The molecule has 2 N–H and O–H groups in total. The number of fused-ring (bicyclic) bond motifs is 1. The summed E-state index contributed by atoms with van der Waals surface area (Å²) in [5.41, 5.74) is 7.38. The smallest absolute Gasteiger partial charge is 0.244 e. The van der Waals surface area contributed by atoms with Crippen molar-refractivity contribution in [3.05, 3.63) is 23.2 Å². The van der Waals surface area contributed by atoms with Crippen molar-refractivity contribution in [2.45, 2.75) is 13.0 Å². The Morgan fingerprint density at radius 2 is 2.17 bits per heavy atom. The molecule has 0 saturated heterocycles. The van der Waals surface area contributed by atoms with E-state index in [1.54, 1.807) is 37.7 Å². The van der Waals surface area contributed by atoms with E-state index in [9.17, 15) is 4.79 Å². The molecule has 5 nitrogen and oxygen atoms in total. The molecule has 1 heterocycles. The summed E-state index contributed by atoms with van der Waals surface area (Å²) in [6.45, 7) is 1.80. The van der Waals surface area contributed by atoms with Crippen LogP contribution in [0.5, 0.6) is 0 Å². The summed E-state index contributed by atoms with van der Waals surface area (Å²) in [6, 6.07) is 4.91. The summed E-state index contributed by atoms with van der Waals surface area (Å²) in [5, 5.41) is 0.596. The van der Waals surface area contributed by atoms with Gasteiger partial charge in [-0.3, -0.25) is 9.36 Å². The van der Waals surface area contributed by atoms with Crippen molar-refractivity contribution in [3.8, 4) is 0 Å². The highest BCUT2D eigenvalue weighted by Crippen LogP contribution is 2.25. The third kappa shape index (κ3) is 2.01. The predicted octanol–water partition coefficient (Wildman–Crippen LogP) is 1.92. The van der Waals surface area contributed by atoms with E-state index in [0.717, 1.165) is 5.52 Å². The summed E-state index contributed by atoms with van der Waals surface area (Å²) < 4.78 is 1.72. The Bertz CT molecular complexity index is 605. The van der Waals surface area contributed by atoms with Gasteiger partial charge in [-0.05, 0) is 25.1 Å². The van der Waals surface area contributed by atoms with Crippen molar-refractivity contribution in [1.82, 2.24) is 14.5 Å². The van der Waals surface area contributed by atoms with E-state index in [2.05, 4.69) is 4.98 Å². The molecular weight excluding hydrogens is 252 g/mol. The average molecular weight is 267 g/mol. The van der Waals surface area contributed by atoms with E-state index in [0.29, 0.717) is 16.5 Å². The molecule has 2 rings (SSSR count). The highest BCUT2D eigenvalue weighted by molar-refractivity contribution is 6.31. The van der Waals surface area contributed by atoms with Crippen LogP contribution in [-0.2, 0) is 4.79 Å². The fourth-order valence-corrected chi connectivity index (χ4v) is 2.15. The molecule has 0 aliphatic heterocycles. The van der Waals surface area contributed by atoms with E-state index in [-0.39, 0.29) is 5.91 Å². The molecule has 1 amide bonds. The number of nitrogens with zero attached hydrogens (tertiary/aromatic N) is 3. The monoisotopic (exact) mass is 266 g/mol. The minimum atomic E-state index is -0.397. The van der Waals surface area contributed by atoms with Gasteiger partial charge in [0, 0.05) is 19.1 Å². The van der Waals surface area contributed by atoms with Crippen molar-refractivity contribution in [2.24, 2.45) is 0 Å². The minimum Gasteiger partial charge on any atom is -0.369 e. The van der Waals surface area contributed by atoms with E-state index in [1.165, 1.54) is 4.90 Å². The van der Waals surface area contributed by atoms with Gasteiger partial charge in [-0.2, -0.15) is 0 Å². The molecule has 0 saturated carbocycles. The number of nitrogen functional groups attached to an aromatic ring is 1. The largest absolute Gasteiger partial charge is 0.369 e. The van der Waals surface area contributed by atoms with Gasteiger partial charge in [-0.1, -0.05) is 11.6 Å². The number of anilines is 1. The molecule has 0 aliphatic carbocycles. The fourth-order valence-electron chi connectivity index (χ4n) is 1.98. The van der Waals surface area contributed by atoms with Crippen LogP contribution in [0.15, 0.2) is 18.2 Å². The van der Waals surface area contributed by atoms with Gasteiger partial charge >= 0.3 is 0 Å². The first kappa shape index (κ1) is 12.7. The Kier molecular flexibility index (Phi) is 3.17. The standard InChI is InChI=1S/C12H15ClN4O/c1-7(11(18)16(2)3)17-10-5-4-8(13)6-9(10)15-12(17)14/h4-7H,1-3H3,(H2,14,15).